The minimum atomic E-state index is -4.39. The van der Waals surface area contributed by atoms with Crippen LogP contribution in [0.1, 0.15) is 12.0 Å². The van der Waals surface area contributed by atoms with Crippen LogP contribution in [0.25, 0.3) is 0 Å². The van der Waals surface area contributed by atoms with Crippen LogP contribution in [0.2, 0.25) is 0 Å². The first kappa shape index (κ1) is 17.4. The average molecular weight is 324 g/mol. The molecule has 0 fully saturated rings. The number of rotatable bonds is 3. The molecule has 1 amide bonds. The predicted octanol–water partition coefficient (Wildman–Crippen LogP) is 2.12. The van der Waals surface area contributed by atoms with E-state index in [1.165, 1.54) is 0 Å². The van der Waals surface area contributed by atoms with E-state index in [4.69, 9.17) is 5.73 Å². The zero-order chi connectivity index (χ0) is 14.8. The van der Waals surface area contributed by atoms with Crippen molar-refractivity contribution in [2.45, 2.75) is 19.0 Å². The quantitative estimate of drug-likeness (QED) is 0.838. The van der Waals surface area contributed by atoms with Gasteiger partial charge < -0.3 is 16.0 Å². The van der Waals surface area contributed by atoms with Crippen LogP contribution >= 0.6 is 12.4 Å². The Hall–Kier alpha value is -1.63. The van der Waals surface area contributed by atoms with Crippen molar-refractivity contribution in [1.29, 1.82) is 0 Å². The van der Waals surface area contributed by atoms with E-state index in [9.17, 15) is 18.0 Å². The van der Waals surface area contributed by atoms with E-state index in [1.54, 1.807) is 17.0 Å². The lowest BCUT2D eigenvalue weighted by Gasteiger charge is -2.31. The highest BCUT2D eigenvalue weighted by molar-refractivity contribution is 5.85. The molecule has 1 aliphatic heterocycles. The molecule has 1 aromatic carbocycles. The number of hydrogen-bond acceptors (Lipinski definition) is 3. The van der Waals surface area contributed by atoms with Gasteiger partial charge >= 0.3 is 6.18 Å². The molecule has 4 nitrogen and oxygen atoms in total. The third kappa shape index (κ3) is 4.70. The fourth-order valence-corrected chi connectivity index (χ4v) is 2.32. The van der Waals surface area contributed by atoms with E-state index in [1.807, 2.05) is 11.4 Å². The van der Waals surface area contributed by atoms with Gasteiger partial charge in [0.1, 0.15) is 6.54 Å². The Morgan fingerprint density at radius 3 is 2.76 bits per heavy atom. The van der Waals surface area contributed by atoms with E-state index in [0.717, 1.165) is 24.1 Å². The van der Waals surface area contributed by atoms with Crippen molar-refractivity contribution in [3.63, 3.8) is 0 Å². The summed E-state index contributed by atoms with van der Waals surface area (Å²) >= 11 is 0. The number of amides is 1. The van der Waals surface area contributed by atoms with Crippen LogP contribution in [-0.4, -0.2) is 31.7 Å². The number of carbonyl (C=O) groups is 1. The Labute approximate surface area is 126 Å². The lowest BCUT2D eigenvalue weighted by Crippen LogP contribution is -2.42. The van der Waals surface area contributed by atoms with E-state index >= 15 is 0 Å². The molecule has 118 valence electrons. The Bertz CT molecular complexity index is 508. The van der Waals surface area contributed by atoms with Gasteiger partial charge in [0.25, 0.3) is 0 Å². The average Bonchev–Trinajstić information content (AvgIpc) is 2.37. The standard InChI is InChI=1S/C13H16F3N3O.ClH/c14-13(15,16)8-18-12(20)7-19-6-2-3-9-10(17)4-1-5-11(9)19;/h1,4-5H,2-3,6-8,17H2,(H,18,20);1H. The number of alkyl halides is 3. The minimum Gasteiger partial charge on any atom is -0.398 e. The number of fused-ring (bicyclic) bond motifs is 1. The molecule has 0 saturated heterocycles. The summed E-state index contributed by atoms with van der Waals surface area (Å²) in [5.74, 6) is -0.641. The third-order valence-electron chi connectivity index (χ3n) is 3.20. The summed E-state index contributed by atoms with van der Waals surface area (Å²) in [4.78, 5) is 13.3. The number of nitrogens with one attached hydrogen (secondary N) is 1. The SMILES string of the molecule is Cl.Nc1cccc2c1CCCN2CC(=O)NCC(F)(F)F. The molecular formula is C13H17ClF3N3O. The van der Waals surface area contributed by atoms with Gasteiger partial charge in [-0.25, -0.2) is 0 Å². The van der Waals surface area contributed by atoms with Crippen molar-refractivity contribution >= 4 is 29.7 Å². The molecule has 0 radical (unpaired) electrons. The largest absolute Gasteiger partial charge is 0.405 e. The van der Waals surface area contributed by atoms with Crippen LogP contribution in [0, 0.1) is 0 Å². The Morgan fingerprint density at radius 1 is 1.38 bits per heavy atom. The van der Waals surface area contributed by atoms with Crippen molar-refractivity contribution in [3.8, 4) is 0 Å². The summed E-state index contributed by atoms with van der Waals surface area (Å²) < 4.78 is 36.1. The van der Waals surface area contributed by atoms with Crippen LogP contribution in [0.4, 0.5) is 24.5 Å². The molecular weight excluding hydrogens is 307 g/mol. The predicted molar refractivity (Wildman–Crippen MR) is 77.7 cm³/mol. The van der Waals surface area contributed by atoms with Gasteiger partial charge in [-0.05, 0) is 30.5 Å². The fraction of sp³-hybridized carbons (Fsp3) is 0.462. The van der Waals surface area contributed by atoms with Gasteiger partial charge in [0.15, 0.2) is 0 Å². The molecule has 0 aliphatic carbocycles. The summed E-state index contributed by atoms with van der Waals surface area (Å²) in [5, 5.41) is 1.88. The van der Waals surface area contributed by atoms with Gasteiger partial charge in [0, 0.05) is 17.9 Å². The maximum absolute atomic E-state index is 12.0. The number of halogens is 4. The molecule has 8 heteroatoms. The molecule has 21 heavy (non-hydrogen) atoms. The highest BCUT2D eigenvalue weighted by Crippen LogP contribution is 2.30. The lowest BCUT2D eigenvalue weighted by atomic mass is 10.00. The Balaban J connectivity index is 0.00000220. The van der Waals surface area contributed by atoms with Crippen LogP contribution in [0.15, 0.2) is 18.2 Å². The number of nitrogen functional groups attached to an aromatic ring is 1. The highest BCUT2D eigenvalue weighted by atomic mass is 35.5. The normalized spacial score (nSPS) is 14.1. The molecule has 0 saturated carbocycles. The van der Waals surface area contributed by atoms with Crippen LogP contribution in [0.5, 0.6) is 0 Å². The van der Waals surface area contributed by atoms with E-state index < -0.39 is 18.6 Å². The van der Waals surface area contributed by atoms with Gasteiger partial charge in [0.05, 0.1) is 6.54 Å². The molecule has 0 aromatic heterocycles. The molecule has 3 N–H and O–H groups in total. The molecule has 1 heterocycles. The maximum Gasteiger partial charge on any atom is 0.405 e. The first-order valence-electron chi connectivity index (χ1n) is 6.32. The smallest absolute Gasteiger partial charge is 0.398 e. The summed E-state index contributed by atoms with van der Waals surface area (Å²) in [6, 6.07) is 5.40. The second-order valence-electron chi connectivity index (χ2n) is 4.76. The summed E-state index contributed by atoms with van der Waals surface area (Å²) in [6.07, 6.45) is -2.74. The monoisotopic (exact) mass is 323 g/mol. The summed E-state index contributed by atoms with van der Waals surface area (Å²) in [6.45, 7) is -0.758. The number of nitrogens with two attached hydrogens (primary N) is 1. The van der Waals surface area contributed by atoms with Gasteiger partial charge in [-0.15, -0.1) is 12.4 Å². The Morgan fingerprint density at radius 2 is 2.10 bits per heavy atom. The molecule has 0 spiro atoms. The van der Waals surface area contributed by atoms with Crippen molar-refractivity contribution in [2.75, 3.05) is 30.3 Å². The molecule has 0 unspecified atom stereocenters. The van der Waals surface area contributed by atoms with Crippen molar-refractivity contribution in [2.24, 2.45) is 0 Å². The lowest BCUT2D eigenvalue weighted by molar-refractivity contribution is -0.137. The van der Waals surface area contributed by atoms with Crippen LogP contribution in [-0.2, 0) is 11.2 Å². The number of anilines is 2. The van der Waals surface area contributed by atoms with Gasteiger partial charge in [-0.2, -0.15) is 13.2 Å². The number of carbonyl (C=O) groups excluding carboxylic acids is 1. The zero-order valence-corrected chi connectivity index (χ0v) is 12.1. The Kier molecular flexibility index (Phi) is 5.71. The highest BCUT2D eigenvalue weighted by Gasteiger charge is 2.28. The topological polar surface area (TPSA) is 58.4 Å². The molecule has 0 bridgehead atoms. The second-order valence-corrected chi connectivity index (χ2v) is 4.76. The first-order valence-corrected chi connectivity index (χ1v) is 6.32. The van der Waals surface area contributed by atoms with Crippen molar-refractivity contribution < 1.29 is 18.0 Å². The molecule has 2 rings (SSSR count). The second kappa shape index (κ2) is 6.89. The molecule has 0 atom stereocenters. The number of benzene rings is 1. The van der Waals surface area contributed by atoms with Gasteiger partial charge in [-0.3, -0.25) is 4.79 Å². The minimum absolute atomic E-state index is 0. The first-order chi connectivity index (χ1) is 9.37. The maximum atomic E-state index is 12.0. The number of nitrogens with zero attached hydrogens (tertiary/aromatic N) is 1. The number of hydrogen-bond donors (Lipinski definition) is 2. The van der Waals surface area contributed by atoms with Crippen LogP contribution < -0.4 is 16.0 Å². The molecule has 1 aliphatic rings. The summed E-state index contributed by atoms with van der Waals surface area (Å²) in [7, 11) is 0. The van der Waals surface area contributed by atoms with E-state index in [-0.39, 0.29) is 19.0 Å². The van der Waals surface area contributed by atoms with Crippen LogP contribution in [0.3, 0.4) is 0 Å². The molecule has 1 aromatic rings. The van der Waals surface area contributed by atoms with Gasteiger partial charge in [-0.1, -0.05) is 6.07 Å². The van der Waals surface area contributed by atoms with E-state index in [0.29, 0.717) is 12.2 Å². The fourth-order valence-electron chi connectivity index (χ4n) is 2.32. The van der Waals surface area contributed by atoms with Gasteiger partial charge in [0.2, 0.25) is 5.91 Å². The third-order valence-corrected chi connectivity index (χ3v) is 3.20. The van der Waals surface area contributed by atoms with E-state index in [2.05, 4.69) is 0 Å². The summed E-state index contributed by atoms with van der Waals surface area (Å²) in [5.41, 5.74) is 8.32. The van der Waals surface area contributed by atoms with Crippen molar-refractivity contribution in [1.82, 2.24) is 5.32 Å². The van der Waals surface area contributed by atoms with Crippen molar-refractivity contribution in [3.05, 3.63) is 23.8 Å². The zero-order valence-electron chi connectivity index (χ0n) is 11.2.